The Labute approximate surface area is 85.9 Å². The summed E-state index contributed by atoms with van der Waals surface area (Å²) in [4.78, 5) is 4.19. The van der Waals surface area contributed by atoms with Crippen LogP contribution >= 0.6 is 0 Å². The van der Waals surface area contributed by atoms with Gasteiger partial charge in [-0.2, -0.15) is 0 Å². The van der Waals surface area contributed by atoms with Crippen molar-refractivity contribution in [2.24, 2.45) is 5.92 Å². The monoisotopic (exact) mass is 190 g/mol. The van der Waals surface area contributed by atoms with Crippen LogP contribution in [-0.4, -0.2) is 4.98 Å². The lowest BCUT2D eigenvalue weighted by atomic mass is 10.1. The van der Waals surface area contributed by atoms with E-state index in [4.69, 9.17) is 5.73 Å². The summed E-state index contributed by atoms with van der Waals surface area (Å²) in [7, 11) is 0. The van der Waals surface area contributed by atoms with Crippen LogP contribution in [0.3, 0.4) is 0 Å². The Balaban J connectivity index is 2.51. The second-order valence-corrected chi connectivity index (χ2v) is 3.64. The standard InChI is InChI=1S/C12H18N2/c1-3-10(2)6-4-7-11-8-5-9-12(13)14-11/h4-5,7-10H,3,6H2,1-2H3,(H2,13,14)/b7-4-. The summed E-state index contributed by atoms with van der Waals surface area (Å²) in [5.74, 6) is 1.32. The third-order valence-electron chi connectivity index (χ3n) is 2.32. The number of anilines is 1. The summed E-state index contributed by atoms with van der Waals surface area (Å²) in [6.45, 7) is 4.45. The average molecular weight is 190 g/mol. The highest BCUT2D eigenvalue weighted by Gasteiger charge is 1.94. The molecule has 76 valence electrons. The van der Waals surface area contributed by atoms with Gasteiger partial charge in [-0.15, -0.1) is 0 Å². The Kier molecular flexibility index (Phi) is 4.17. The van der Waals surface area contributed by atoms with Crippen LogP contribution in [0.2, 0.25) is 0 Å². The van der Waals surface area contributed by atoms with Crippen LogP contribution < -0.4 is 5.73 Å². The molecular formula is C12H18N2. The molecule has 0 aromatic carbocycles. The molecule has 0 bridgehead atoms. The maximum absolute atomic E-state index is 5.57. The summed E-state index contributed by atoms with van der Waals surface area (Å²) in [6.07, 6.45) is 6.51. The summed E-state index contributed by atoms with van der Waals surface area (Å²) < 4.78 is 0. The smallest absolute Gasteiger partial charge is 0.124 e. The molecule has 1 aromatic heterocycles. The van der Waals surface area contributed by atoms with Crippen molar-refractivity contribution in [3.8, 4) is 0 Å². The zero-order valence-corrected chi connectivity index (χ0v) is 8.90. The number of aromatic nitrogens is 1. The average Bonchev–Trinajstić information content (AvgIpc) is 2.17. The van der Waals surface area contributed by atoms with E-state index in [1.54, 1.807) is 6.07 Å². The van der Waals surface area contributed by atoms with E-state index in [1.807, 2.05) is 18.2 Å². The van der Waals surface area contributed by atoms with E-state index in [9.17, 15) is 0 Å². The van der Waals surface area contributed by atoms with E-state index in [-0.39, 0.29) is 0 Å². The van der Waals surface area contributed by atoms with Crippen molar-refractivity contribution in [1.82, 2.24) is 4.98 Å². The van der Waals surface area contributed by atoms with Gasteiger partial charge in [0.15, 0.2) is 0 Å². The number of hydrogen-bond donors (Lipinski definition) is 1. The van der Waals surface area contributed by atoms with E-state index in [0.29, 0.717) is 5.82 Å². The van der Waals surface area contributed by atoms with Crippen LogP contribution in [0.1, 0.15) is 32.4 Å². The minimum Gasteiger partial charge on any atom is -0.384 e. The topological polar surface area (TPSA) is 38.9 Å². The van der Waals surface area contributed by atoms with Gasteiger partial charge in [-0.25, -0.2) is 4.98 Å². The molecule has 2 nitrogen and oxygen atoms in total. The molecule has 0 amide bonds. The molecule has 1 atom stereocenters. The van der Waals surface area contributed by atoms with E-state index < -0.39 is 0 Å². The number of nitrogens with two attached hydrogens (primary N) is 1. The predicted octanol–water partition coefficient (Wildman–Crippen LogP) is 3.11. The molecule has 0 spiro atoms. The Bertz CT molecular complexity index is 305. The molecule has 0 radical (unpaired) electrons. The minimum absolute atomic E-state index is 0.579. The number of nitrogens with zero attached hydrogens (tertiary/aromatic N) is 1. The lowest BCUT2D eigenvalue weighted by Crippen LogP contribution is -1.91. The number of allylic oxidation sites excluding steroid dienone is 1. The zero-order valence-electron chi connectivity index (χ0n) is 8.90. The van der Waals surface area contributed by atoms with Gasteiger partial charge in [0.05, 0.1) is 5.69 Å². The summed E-state index contributed by atoms with van der Waals surface area (Å²) in [5, 5.41) is 0. The van der Waals surface area contributed by atoms with Gasteiger partial charge < -0.3 is 5.73 Å². The Morgan fingerprint density at radius 2 is 2.29 bits per heavy atom. The third-order valence-corrected chi connectivity index (χ3v) is 2.32. The fourth-order valence-corrected chi connectivity index (χ4v) is 1.15. The molecule has 14 heavy (non-hydrogen) atoms. The minimum atomic E-state index is 0.579. The quantitative estimate of drug-likeness (QED) is 0.792. The molecule has 2 heteroatoms. The highest BCUT2D eigenvalue weighted by molar-refractivity contribution is 5.47. The van der Waals surface area contributed by atoms with Crippen molar-refractivity contribution in [3.63, 3.8) is 0 Å². The lowest BCUT2D eigenvalue weighted by Gasteiger charge is -2.02. The summed E-state index contributed by atoms with van der Waals surface area (Å²) >= 11 is 0. The van der Waals surface area contributed by atoms with Gasteiger partial charge in [-0.05, 0) is 30.5 Å². The maximum Gasteiger partial charge on any atom is 0.124 e. The zero-order chi connectivity index (χ0) is 10.4. The van der Waals surface area contributed by atoms with Crippen LogP contribution in [-0.2, 0) is 0 Å². The van der Waals surface area contributed by atoms with Crippen LogP contribution in [0.25, 0.3) is 6.08 Å². The van der Waals surface area contributed by atoms with Crippen molar-refractivity contribution in [2.45, 2.75) is 26.7 Å². The van der Waals surface area contributed by atoms with Gasteiger partial charge in [-0.3, -0.25) is 0 Å². The van der Waals surface area contributed by atoms with Crippen LogP contribution in [0.4, 0.5) is 5.82 Å². The first kappa shape index (κ1) is 10.8. The van der Waals surface area contributed by atoms with Gasteiger partial charge in [0.1, 0.15) is 5.82 Å². The SMILES string of the molecule is CCC(C)C/C=C\c1cccc(N)n1. The molecule has 0 saturated carbocycles. The molecule has 1 unspecified atom stereocenters. The number of rotatable bonds is 4. The normalized spacial score (nSPS) is 13.3. The van der Waals surface area contributed by atoms with Crippen LogP contribution in [0.15, 0.2) is 24.3 Å². The van der Waals surface area contributed by atoms with E-state index >= 15 is 0 Å². The van der Waals surface area contributed by atoms with Gasteiger partial charge in [0.2, 0.25) is 0 Å². The first-order valence-electron chi connectivity index (χ1n) is 5.11. The first-order chi connectivity index (χ1) is 6.72. The predicted molar refractivity (Wildman–Crippen MR) is 61.8 cm³/mol. The van der Waals surface area contributed by atoms with Crippen molar-refractivity contribution < 1.29 is 0 Å². The Hall–Kier alpha value is -1.31. The van der Waals surface area contributed by atoms with Gasteiger partial charge in [0, 0.05) is 0 Å². The molecule has 0 aliphatic carbocycles. The largest absolute Gasteiger partial charge is 0.384 e. The lowest BCUT2D eigenvalue weighted by molar-refractivity contribution is 0.573. The fourth-order valence-electron chi connectivity index (χ4n) is 1.15. The van der Waals surface area contributed by atoms with Crippen molar-refractivity contribution in [1.29, 1.82) is 0 Å². The van der Waals surface area contributed by atoms with E-state index in [2.05, 4.69) is 24.9 Å². The molecule has 0 aliphatic heterocycles. The molecule has 0 saturated heterocycles. The maximum atomic E-state index is 5.57. The highest BCUT2D eigenvalue weighted by atomic mass is 14.8. The Morgan fingerprint density at radius 3 is 2.93 bits per heavy atom. The van der Waals surface area contributed by atoms with Crippen molar-refractivity contribution in [2.75, 3.05) is 5.73 Å². The molecule has 2 N–H and O–H groups in total. The van der Waals surface area contributed by atoms with E-state index in [1.165, 1.54) is 6.42 Å². The first-order valence-corrected chi connectivity index (χ1v) is 5.11. The second-order valence-electron chi connectivity index (χ2n) is 3.64. The molecular weight excluding hydrogens is 172 g/mol. The van der Waals surface area contributed by atoms with Gasteiger partial charge >= 0.3 is 0 Å². The number of hydrogen-bond acceptors (Lipinski definition) is 2. The molecule has 0 fully saturated rings. The van der Waals surface area contributed by atoms with Gasteiger partial charge in [-0.1, -0.05) is 32.4 Å². The third kappa shape index (κ3) is 3.60. The fraction of sp³-hybridized carbons (Fsp3) is 0.417. The Morgan fingerprint density at radius 1 is 1.50 bits per heavy atom. The summed E-state index contributed by atoms with van der Waals surface area (Å²) in [5.41, 5.74) is 6.51. The van der Waals surface area contributed by atoms with Gasteiger partial charge in [0.25, 0.3) is 0 Å². The molecule has 0 aliphatic rings. The second kappa shape index (κ2) is 5.43. The van der Waals surface area contributed by atoms with Crippen molar-refractivity contribution in [3.05, 3.63) is 30.0 Å². The summed E-state index contributed by atoms with van der Waals surface area (Å²) in [6, 6.07) is 5.68. The number of pyridine rings is 1. The molecule has 1 heterocycles. The number of nitrogen functional groups attached to an aromatic ring is 1. The van der Waals surface area contributed by atoms with Crippen molar-refractivity contribution >= 4 is 11.9 Å². The van der Waals surface area contributed by atoms with E-state index in [0.717, 1.165) is 18.0 Å². The van der Waals surface area contributed by atoms with Crippen LogP contribution in [0, 0.1) is 5.92 Å². The highest BCUT2D eigenvalue weighted by Crippen LogP contribution is 2.09. The molecule has 1 rings (SSSR count). The molecule has 1 aromatic rings. The van der Waals surface area contributed by atoms with Crippen LogP contribution in [0.5, 0.6) is 0 Å².